The van der Waals surface area contributed by atoms with Crippen molar-refractivity contribution in [3.63, 3.8) is 0 Å². The van der Waals surface area contributed by atoms with E-state index in [0.717, 1.165) is 5.56 Å². The van der Waals surface area contributed by atoms with E-state index in [1.807, 2.05) is 6.07 Å². The van der Waals surface area contributed by atoms with Crippen LogP contribution in [0.3, 0.4) is 0 Å². The minimum atomic E-state index is -2.88. The first-order valence-corrected chi connectivity index (χ1v) is 8.08. The number of halogens is 3. The third-order valence-corrected chi connectivity index (χ3v) is 4.34. The van der Waals surface area contributed by atoms with E-state index in [1.165, 1.54) is 22.9 Å². The van der Waals surface area contributed by atoms with E-state index < -0.39 is 30.8 Å². The number of aromatic nitrogens is 1. The molecule has 25 heavy (non-hydrogen) atoms. The lowest BCUT2D eigenvalue weighted by Crippen LogP contribution is -2.35. The third-order valence-electron chi connectivity index (χ3n) is 3.98. The number of nitrogens with zero attached hydrogens (tertiary/aromatic N) is 1. The van der Waals surface area contributed by atoms with Gasteiger partial charge in [-0.15, -0.1) is 0 Å². The van der Waals surface area contributed by atoms with Crippen molar-refractivity contribution in [2.24, 2.45) is 0 Å². The van der Waals surface area contributed by atoms with E-state index in [1.54, 1.807) is 18.2 Å². The first-order chi connectivity index (χ1) is 11.8. The molecule has 3 rings (SSSR count). The summed E-state index contributed by atoms with van der Waals surface area (Å²) in [4.78, 5) is 24.1. The van der Waals surface area contributed by atoms with Gasteiger partial charge < -0.3 is 9.88 Å². The summed E-state index contributed by atoms with van der Waals surface area (Å²) >= 11 is 6.10. The number of hydrogen-bond donors (Lipinski definition) is 2. The Hall–Kier alpha value is -2.25. The smallest absolute Gasteiger partial charge is 0.262 e. The largest absolute Gasteiger partial charge is 0.323 e. The summed E-state index contributed by atoms with van der Waals surface area (Å²) in [7, 11) is 0. The van der Waals surface area contributed by atoms with E-state index in [2.05, 4.69) is 10.6 Å². The molecule has 0 saturated carbocycles. The minimum absolute atomic E-state index is 0.238. The van der Waals surface area contributed by atoms with Crippen LogP contribution in [0.5, 0.6) is 0 Å². The number of pyridine rings is 1. The number of amides is 1. The van der Waals surface area contributed by atoms with Crippen LogP contribution < -0.4 is 16.2 Å². The van der Waals surface area contributed by atoms with Crippen molar-refractivity contribution in [1.29, 1.82) is 0 Å². The van der Waals surface area contributed by atoms with Crippen LogP contribution >= 0.6 is 11.6 Å². The van der Waals surface area contributed by atoms with Gasteiger partial charge in [-0.3, -0.25) is 14.9 Å². The van der Waals surface area contributed by atoms with E-state index in [-0.39, 0.29) is 12.1 Å². The Bertz CT molecular complexity index is 854. The van der Waals surface area contributed by atoms with Crippen molar-refractivity contribution >= 4 is 23.2 Å². The van der Waals surface area contributed by atoms with Crippen LogP contribution in [-0.2, 0) is 11.3 Å². The van der Waals surface area contributed by atoms with Gasteiger partial charge in [0.15, 0.2) is 0 Å². The van der Waals surface area contributed by atoms with Crippen LogP contribution in [0.4, 0.5) is 14.5 Å². The number of nitrogens with one attached hydrogen (secondary N) is 2. The number of anilines is 1. The predicted octanol–water partition coefficient (Wildman–Crippen LogP) is 2.49. The van der Waals surface area contributed by atoms with Crippen molar-refractivity contribution in [2.75, 3.05) is 11.9 Å². The molecule has 1 saturated heterocycles. The SMILES string of the molecule is O=C(Nc1ccc(=O)n(Cc2ccccc2Cl)c1)C1CC(F)(F)CN1. The van der Waals surface area contributed by atoms with Crippen molar-refractivity contribution in [1.82, 2.24) is 9.88 Å². The van der Waals surface area contributed by atoms with Crippen molar-refractivity contribution < 1.29 is 13.6 Å². The van der Waals surface area contributed by atoms with Crippen LogP contribution in [0, 0.1) is 0 Å². The zero-order valence-corrected chi connectivity index (χ0v) is 13.9. The zero-order chi connectivity index (χ0) is 18.0. The molecule has 8 heteroatoms. The second-order valence-corrected chi connectivity index (χ2v) is 6.37. The molecule has 2 N–H and O–H groups in total. The molecule has 2 heterocycles. The van der Waals surface area contributed by atoms with Crippen molar-refractivity contribution in [3.05, 3.63) is 63.5 Å². The number of hydrogen-bond acceptors (Lipinski definition) is 3. The molecule has 1 amide bonds. The average Bonchev–Trinajstić information content (AvgIpc) is 2.93. The second-order valence-electron chi connectivity index (χ2n) is 5.96. The highest BCUT2D eigenvalue weighted by atomic mass is 35.5. The molecular weight excluding hydrogens is 352 g/mol. The van der Waals surface area contributed by atoms with Crippen molar-refractivity contribution in [3.8, 4) is 0 Å². The quantitative estimate of drug-likeness (QED) is 0.872. The highest BCUT2D eigenvalue weighted by Crippen LogP contribution is 2.25. The summed E-state index contributed by atoms with van der Waals surface area (Å²) < 4.78 is 27.8. The summed E-state index contributed by atoms with van der Waals surface area (Å²) in [6.45, 7) is -0.279. The van der Waals surface area contributed by atoms with Gasteiger partial charge in [-0.1, -0.05) is 29.8 Å². The Kier molecular flexibility index (Phi) is 4.87. The Morgan fingerprint density at radius 1 is 1.32 bits per heavy atom. The molecule has 0 spiro atoms. The second kappa shape index (κ2) is 6.93. The Balaban J connectivity index is 1.74. The molecule has 0 bridgehead atoms. The highest BCUT2D eigenvalue weighted by molar-refractivity contribution is 6.31. The summed E-state index contributed by atoms with van der Waals surface area (Å²) in [5, 5.41) is 5.58. The molecule has 1 aromatic heterocycles. The van der Waals surface area contributed by atoms with Crippen LogP contribution in [0.15, 0.2) is 47.4 Å². The van der Waals surface area contributed by atoms with Crippen molar-refractivity contribution in [2.45, 2.75) is 24.9 Å². The lowest BCUT2D eigenvalue weighted by Gasteiger charge is -2.13. The molecule has 1 aromatic carbocycles. The normalized spacial score (nSPS) is 18.9. The number of carbonyl (C=O) groups is 1. The maximum absolute atomic E-state index is 13.2. The lowest BCUT2D eigenvalue weighted by atomic mass is 10.2. The number of alkyl halides is 2. The Labute approximate surface area is 147 Å². The summed E-state index contributed by atoms with van der Waals surface area (Å²) in [5.74, 6) is -3.44. The first kappa shape index (κ1) is 17.6. The van der Waals surface area contributed by atoms with Gasteiger partial charge in [-0.25, -0.2) is 8.78 Å². The molecule has 2 aromatic rings. The Morgan fingerprint density at radius 3 is 2.76 bits per heavy atom. The van der Waals surface area contributed by atoms with Crippen LogP contribution in [0.25, 0.3) is 0 Å². The standard InChI is InChI=1S/C17H16ClF2N3O2/c18-13-4-2-1-3-11(13)8-23-9-12(5-6-15(23)24)22-16(25)14-7-17(19,20)10-21-14/h1-6,9,14,21H,7-8,10H2,(H,22,25). The van der Waals surface area contributed by atoms with E-state index in [9.17, 15) is 18.4 Å². The fourth-order valence-electron chi connectivity index (χ4n) is 2.67. The number of benzene rings is 1. The number of rotatable bonds is 4. The fourth-order valence-corrected chi connectivity index (χ4v) is 2.86. The van der Waals surface area contributed by atoms with Crippen LogP contribution in [0.1, 0.15) is 12.0 Å². The fraction of sp³-hybridized carbons (Fsp3) is 0.294. The summed E-state index contributed by atoms with van der Waals surface area (Å²) in [6.07, 6.45) is 0.925. The summed E-state index contributed by atoms with van der Waals surface area (Å²) in [6, 6.07) is 8.90. The molecular formula is C17H16ClF2N3O2. The number of carbonyl (C=O) groups excluding carboxylic acids is 1. The molecule has 1 unspecified atom stereocenters. The van der Waals surface area contributed by atoms with E-state index in [0.29, 0.717) is 10.7 Å². The molecule has 1 aliphatic heterocycles. The van der Waals surface area contributed by atoms with Gasteiger partial charge in [0.2, 0.25) is 5.91 Å². The maximum Gasteiger partial charge on any atom is 0.262 e. The molecule has 1 atom stereocenters. The third kappa shape index (κ3) is 4.24. The molecule has 1 fully saturated rings. The molecule has 0 radical (unpaired) electrons. The van der Waals surface area contributed by atoms with Gasteiger partial charge in [0.25, 0.3) is 11.5 Å². The lowest BCUT2D eigenvalue weighted by molar-refractivity contribution is -0.118. The van der Waals surface area contributed by atoms with Crippen LogP contribution in [0.2, 0.25) is 5.02 Å². The zero-order valence-electron chi connectivity index (χ0n) is 13.1. The predicted molar refractivity (Wildman–Crippen MR) is 91.2 cm³/mol. The van der Waals surface area contributed by atoms with Gasteiger partial charge in [0, 0.05) is 23.7 Å². The topological polar surface area (TPSA) is 63.1 Å². The van der Waals surface area contributed by atoms with Gasteiger partial charge in [0.05, 0.1) is 24.8 Å². The van der Waals surface area contributed by atoms with Gasteiger partial charge in [0.1, 0.15) is 0 Å². The minimum Gasteiger partial charge on any atom is -0.323 e. The molecule has 0 aliphatic carbocycles. The molecule has 5 nitrogen and oxygen atoms in total. The Morgan fingerprint density at radius 2 is 2.08 bits per heavy atom. The van der Waals surface area contributed by atoms with Crippen LogP contribution in [-0.4, -0.2) is 29.0 Å². The van der Waals surface area contributed by atoms with E-state index >= 15 is 0 Å². The molecule has 132 valence electrons. The highest BCUT2D eigenvalue weighted by Gasteiger charge is 2.42. The van der Waals surface area contributed by atoms with E-state index in [4.69, 9.17) is 11.6 Å². The van der Waals surface area contributed by atoms with Gasteiger partial charge >= 0.3 is 0 Å². The van der Waals surface area contributed by atoms with Gasteiger partial charge in [-0.2, -0.15) is 0 Å². The average molecular weight is 368 g/mol. The maximum atomic E-state index is 13.2. The monoisotopic (exact) mass is 367 g/mol. The first-order valence-electron chi connectivity index (χ1n) is 7.70. The molecule has 1 aliphatic rings. The summed E-state index contributed by atoms with van der Waals surface area (Å²) in [5.41, 5.74) is 0.851. The van der Waals surface area contributed by atoms with Gasteiger partial charge in [-0.05, 0) is 17.7 Å².